The van der Waals surface area contributed by atoms with Crippen LogP contribution in [-0.2, 0) is 6.42 Å². The number of carbonyl (C=O) groups is 1. The van der Waals surface area contributed by atoms with Crippen molar-refractivity contribution in [2.45, 2.75) is 31.7 Å². The molecule has 4 heteroatoms. The first-order valence-electron chi connectivity index (χ1n) is 6.25. The van der Waals surface area contributed by atoms with Crippen molar-refractivity contribution in [3.8, 4) is 0 Å². The van der Waals surface area contributed by atoms with Crippen LogP contribution in [0.15, 0.2) is 18.2 Å². The maximum atomic E-state index is 11.6. The summed E-state index contributed by atoms with van der Waals surface area (Å²) >= 11 is 0. The molecule has 3 rings (SSSR count). The standard InChI is InChI=1S/C13H17N3O/c17-13(15-10-3-4-10)16-11-5-6-12-9(8-11)2-1-7-14-12/h5-6,8,10,14H,1-4,7H2,(H2,15,16,17). The molecule has 0 atom stereocenters. The van der Waals surface area contributed by atoms with E-state index in [9.17, 15) is 4.79 Å². The Labute approximate surface area is 101 Å². The second kappa shape index (κ2) is 4.28. The van der Waals surface area contributed by atoms with Crippen LogP contribution in [-0.4, -0.2) is 18.6 Å². The molecule has 0 radical (unpaired) electrons. The van der Waals surface area contributed by atoms with Crippen molar-refractivity contribution in [2.24, 2.45) is 0 Å². The predicted molar refractivity (Wildman–Crippen MR) is 68.4 cm³/mol. The highest BCUT2D eigenvalue weighted by molar-refractivity contribution is 5.90. The molecule has 0 aromatic heterocycles. The Morgan fingerprint density at radius 2 is 2.24 bits per heavy atom. The molecule has 0 spiro atoms. The van der Waals surface area contributed by atoms with Crippen LogP contribution >= 0.6 is 0 Å². The molecule has 0 saturated heterocycles. The highest BCUT2D eigenvalue weighted by Gasteiger charge is 2.23. The Kier molecular flexibility index (Phi) is 2.63. The van der Waals surface area contributed by atoms with E-state index in [0.717, 1.165) is 37.9 Å². The molecule has 2 aliphatic rings. The van der Waals surface area contributed by atoms with Crippen molar-refractivity contribution in [3.05, 3.63) is 23.8 Å². The molecule has 1 heterocycles. The van der Waals surface area contributed by atoms with Crippen LogP contribution in [0.1, 0.15) is 24.8 Å². The number of urea groups is 1. The molecule has 1 aliphatic heterocycles. The summed E-state index contributed by atoms with van der Waals surface area (Å²) in [5.41, 5.74) is 3.37. The quantitative estimate of drug-likeness (QED) is 0.731. The fourth-order valence-electron chi connectivity index (χ4n) is 2.13. The number of hydrogen-bond acceptors (Lipinski definition) is 2. The van der Waals surface area contributed by atoms with Gasteiger partial charge in [-0.05, 0) is 49.4 Å². The number of nitrogens with one attached hydrogen (secondary N) is 3. The first-order valence-corrected chi connectivity index (χ1v) is 6.25. The van der Waals surface area contributed by atoms with E-state index >= 15 is 0 Å². The van der Waals surface area contributed by atoms with E-state index in [0.29, 0.717) is 6.04 Å². The summed E-state index contributed by atoms with van der Waals surface area (Å²) in [6.07, 6.45) is 4.47. The van der Waals surface area contributed by atoms with Gasteiger partial charge in [-0.1, -0.05) is 0 Å². The van der Waals surface area contributed by atoms with E-state index in [4.69, 9.17) is 0 Å². The van der Waals surface area contributed by atoms with E-state index < -0.39 is 0 Å². The van der Waals surface area contributed by atoms with Gasteiger partial charge in [-0.25, -0.2) is 4.79 Å². The number of carbonyl (C=O) groups excluding carboxylic acids is 1. The number of rotatable bonds is 2. The summed E-state index contributed by atoms with van der Waals surface area (Å²) in [6.45, 7) is 1.04. The van der Waals surface area contributed by atoms with E-state index in [-0.39, 0.29) is 6.03 Å². The van der Waals surface area contributed by atoms with Crippen LogP contribution in [0.5, 0.6) is 0 Å². The average Bonchev–Trinajstić information content (AvgIpc) is 3.12. The molecule has 1 aromatic rings. The van der Waals surface area contributed by atoms with E-state index in [1.165, 1.54) is 11.3 Å². The van der Waals surface area contributed by atoms with Crippen molar-refractivity contribution >= 4 is 17.4 Å². The fourth-order valence-corrected chi connectivity index (χ4v) is 2.13. The number of amides is 2. The van der Waals surface area contributed by atoms with Crippen LogP contribution in [0.2, 0.25) is 0 Å². The second-order valence-corrected chi connectivity index (χ2v) is 4.77. The minimum absolute atomic E-state index is 0.0868. The molecule has 17 heavy (non-hydrogen) atoms. The molecular weight excluding hydrogens is 214 g/mol. The summed E-state index contributed by atoms with van der Waals surface area (Å²) in [4.78, 5) is 11.6. The van der Waals surface area contributed by atoms with E-state index in [1.54, 1.807) is 0 Å². The maximum Gasteiger partial charge on any atom is 0.319 e. The van der Waals surface area contributed by atoms with Gasteiger partial charge in [-0.15, -0.1) is 0 Å². The minimum atomic E-state index is -0.0868. The molecule has 4 nitrogen and oxygen atoms in total. The van der Waals surface area contributed by atoms with Crippen LogP contribution in [0.4, 0.5) is 16.2 Å². The third-order valence-electron chi connectivity index (χ3n) is 3.21. The monoisotopic (exact) mass is 231 g/mol. The van der Waals surface area contributed by atoms with Gasteiger partial charge in [0.25, 0.3) is 0 Å². The lowest BCUT2D eigenvalue weighted by Gasteiger charge is -2.18. The summed E-state index contributed by atoms with van der Waals surface area (Å²) in [6, 6.07) is 6.37. The van der Waals surface area contributed by atoms with Gasteiger partial charge in [-0.2, -0.15) is 0 Å². The Morgan fingerprint density at radius 3 is 3.06 bits per heavy atom. The lowest BCUT2D eigenvalue weighted by Crippen LogP contribution is -2.30. The van der Waals surface area contributed by atoms with Gasteiger partial charge >= 0.3 is 6.03 Å². The first kappa shape index (κ1) is 10.4. The highest BCUT2D eigenvalue weighted by Crippen LogP contribution is 2.25. The molecule has 1 fully saturated rings. The van der Waals surface area contributed by atoms with Crippen molar-refractivity contribution in [1.29, 1.82) is 0 Å². The zero-order valence-electron chi connectivity index (χ0n) is 9.75. The van der Waals surface area contributed by atoms with Gasteiger partial charge < -0.3 is 16.0 Å². The van der Waals surface area contributed by atoms with Crippen molar-refractivity contribution in [1.82, 2.24) is 5.32 Å². The van der Waals surface area contributed by atoms with E-state index in [2.05, 4.69) is 22.0 Å². The number of fused-ring (bicyclic) bond motifs is 1. The number of hydrogen-bond donors (Lipinski definition) is 3. The number of benzene rings is 1. The van der Waals surface area contributed by atoms with E-state index in [1.807, 2.05) is 12.1 Å². The SMILES string of the molecule is O=C(Nc1ccc2c(c1)CCCN2)NC1CC1. The molecule has 0 bridgehead atoms. The summed E-state index contributed by atoms with van der Waals surface area (Å²) in [7, 11) is 0. The van der Waals surface area contributed by atoms with Crippen molar-refractivity contribution < 1.29 is 4.79 Å². The minimum Gasteiger partial charge on any atom is -0.385 e. The molecule has 0 unspecified atom stereocenters. The normalized spacial score (nSPS) is 17.9. The smallest absolute Gasteiger partial charge is 0.319 e. The van der Waals surface area contributed by atoms with Crippen molar-refractivity contribution in [2.75, 3.05) is 17.2 Å². The van der Waals surface area contributed by atoms with Gasteiger partial charge in [0.2, 0.25) is 0 Å². The third-order valence-corrected chi connectivity index (χ3v) is 3.21. The second-order valence-electron chi connectivity index (χ2n) is 4.77. The molecule has 1 aromatic carbocycles. The first-order chi connectivity index (χ1) is 8.31. The van der Waals surface area contributed by atoms with Crippen LogP contribution in [0.25, 0.3) is 0 Å². The van der Waals surface area contributed by atoms with Gasteiger partial charge in [0, 0.05) is 24.0 Å². The Balaban J connectivity index is 1.67. The van der Waals surface area contributed by atoms with Gasteiger partial charge in [0.05, 0.1) is 0 Å². The zero-order valence-corrected chi connectivity index (χ0v) is 9.75. The maximum absolute atomic E-state index is 11.6. The van der Waals surface area contributed by atoms with Gasteiger partial charge in [0.1, 0.15) is 0 Å². The largest absolute Gasteiger partial charge is 0.385 e. The third kappa shape index (κ3) is 2.52. The van der Waals surface area contributed by atoms with Crippen molar-refractivity contribution in [3.63, 3.8) is 0 Å². The van der Waals surface area contributed by atoms with Gasteiger partial charge in [0.15, 0.2) is 0 Å². The molecule has 2 amide bonds. The average molecular weight is 231 g/mol. The predicted octanol–water partition coefficient (Wildman–Crippen LogP) is 2.33. The Hall–Kier alpha value is -1.71. The molecule has 1 saturated carbocycles. The zero-order chi connectivity index (χ0) is 11.7. The van der Waals surface area contributed by atoms with Gasteiger partial charge in [-0.3, -0.25) is 0 Å². The molecule has 90 valence electrons. The molecule has 1 aliphatic carbocycles. The Bertz CT molecular complexity index is 440. The summed E-state index contributed by atoms with van der Waals surface area (Å²) in [5, 5.41) is 9.16. The summed E-state index contributed by atoms with van der Waals surface area (Å²) in [5.74, 6) is 0. The topological polar surface area (TPSA) is 53.2 Å². The summed E-state index contributed by atoms with van der Waals surface area (Å²) < 4.78 is 0. The lowest BCUT2D eigenvalue weighted by atomic mass is 10.0. The Morgan fingerprint density at radius 1 is 1.35 bits per heavy atom. The number of aryl methyl sites for hydroxylation is 1. The fraction of sp³-hybridized carbons (Fsp3) is 0.462. The van der Waals surface area contributed by atoms with Crippen LogP contribution in [0, 0.1) is 0 Å². The van der Waals surface area contributed by atoms with Crippen LogP contribution < -0.4 is 16.0 Å². The molecule has 3 N–H and O–H groups in total. The molecular formula is C13H17N3O. The number of anilines is 2. The lowest BCUT2D eigenvalue weighted by molar-refractivity contribution is 0.251. The van der Waals surface area contributed by atoms with Crippen LogP contribution in [0.3, 0.4) is 0 Å². The highest BCUT2D eigenvalue weighted by atomic mass is 16.2.